The molecule has 0 saturated carbocycles. The number of amides is 1. The van der Waals surface area contributed by atoms with Crippen molar-refractivity contribution in [1.29, 1.82) is 0 Å². The van der Waals surface area contributed by atoms with Crippen LogP contribution < -0.4 is 5.32 Å². The molecular formula is C17H23N3O2. The maximum atomic E-state index is 12.7. The first-order valence-corrected chi connectivity index (χ1v) is 7.97. The first-order valence-electron chi connectivity index (χ1n) is 7.97. The highest BCUT2D eigenvalue weighted by atomic mass is 16.2. The van der Waals surface area contributed by atoms with Crippen LogP contribution in [0.2, 0.25) is 0 Å². The van der Waals surface area contributed by atoms with Crippen molar-refractivity contribution in [2.24, 2.45) is 0 Å². The molecule has 1 aromatic rings. The molecule has 0 radical (unpaired) electrons. The summed E-state index contributed by atoms with van der Waals surface area (Å²) >= 11 is 0. The van der Waals surface area contributed by atoms with E-state index in [0.717, 1.165) is 37.3 Å². The highest BCUT2D eigenvalue weighted by Gasteiger charge is 2.27. The molecule has 0 aliphatic carbocycles. The average Bonchev–Trinajstić information content (AvgIpc) is 3.01. The van der Waals surface area contributed by atoms with Crippen LogP contribution >= 0.6 is 0 Å². The van der Waals surface area contributed by atoms with Gasteiger partial charge in [-0.25, -0.2) is 0 Å². The van der Waals surface area contributed by atoms with Crippen LogP contribution in [0.1, 0.15) is 29.8 Å². The van der Waals surface area contributed by atoms with E-state index in [2.05, 4.69) is 10.2 Å². The Bertz CT molecular complexity index is 592. The van der Waals surface area contributed by atoms with E-state index in [4.69, 9.17) is 0 Å². The summed E-state index contributed by atoms with van der Waals surface area (Å²) in [5.74, 6) is 0.288. The van der Waals surface area contributed by atoms with Crippen LogP contribution in [0.4, 0.5) is 5.69 Å². The number of carbonyl (C=O) groups excluding carboxylic acids is 2. The lowest BCUT2D eigenvalue weighted by Crippen LogP contribution is -2.52. The number of hydrogen-bond donors (Lipinski definition) is 1. The van der Waals surface area contributed by atoms with Gasteiger partial charge in [0.1, 0.15) is 0 Å². The van der Waals surface area contributed by atoms with Gasteiger partial charge in [-0.1, -0.05) is 0 Å². The maximum Gasteiger partial charge on any atom is 0.219 e. The van der Waals surface area contributed by atoms with Gasteiger partial charge in [0.05, 0.1) is 6.04 Å². The fourth-order valence-electron chi connectivity index (χ4n) is 3.29. The third kappa shape index (κ3) is 2.86. The summed E-state index contributed by atoms with van der Waals surface area (Å²) in [6.07, 6.45) is 0.988. The number of Topliss-reactive ketones (excluding diaryl/α,β-unsaturated/α-hetero) is 1. The number of benzene rings is 1. The van der Waals surface area contributed by atoms with E-state index in [9.17, 15) is 9.59 Å². The molecule has 3 rings (SSSR count). The molecule has 118 valence electrons. The second-order valence-corrected chi connectivity index (χ2v) is 6.13. The number of fused-ring (bicyclic) bond motifs is 1. The van der Waals surface area contributed by atoms with Crippen LogP contribution in [0.25, 0.3) is 0 Å². The lowest BCUT2D eigenvalue weighted by atomic mass is 10.00. The molecule has 1 atom stereocenters. The van der Waals surface area contributed by atoms with E-state index in [-0.39, 0.29) is 17.7 Å². The molecule has 1 amide bonds. The predicted molar refractivity (Wildman–Crippen MR) is 86.3 cm³/mol. The molecule has 1 saturated heterocycles. The summed E-state index contributed by atoms with van der Waals surface area (Å²) in [4.78, 5) is 28.1. The molecule has 2 aliphatic rings. The molecule has 5 heteroatoms. The average molecular weight is 301 g/mol. The van der Waals surface area contributed by atoms with Gasteiger partial charge in [0, 0.05) is 50.9 Å². The van der Waals surface area contributed by atoms with Crippen LogP contribution in [-0.4, -0.2) is 60.3 Å². The minimum Gasteiger partial charge on any atom is -0.384 e. The zero-order valence-corrected chi connectivity index (χ0v) is 13.3. The van der Waals surface area contributed by atoms with Crippen LogP contribution in [-0.2, 0) is 11.2 Å². The number of hydrogen-bond acceptors (Lipinski definition) is 4. The van der Waals surface area contributed by atoms with Gasteiger partial charge in [0.15, 0.2) is 5.78 Å². The Kier molecular flexibility index (Phi) is 4.16. The SMILES string of the molecule is CC(=O)N1CCN(C(C)C(=O)c2ccc3c(c2)CCN3)CC1. The molecule has 0 spiro atoms. The number of nitrogens with zero attached hydrogens (tertiary/aromatic N) is 2. The first-order chi connectivity index (χ1) is 10.6. The third-order valence-corrected chi connectivity index (χ3v) is 4.79. The fraction of sp³-hybridized carbons (Fsp3) is 0.529. The Hall–Kier alpha value is -1.88. The van der Waals surface area contributed by atoms with Crippen molar-refractivity contribution >= 4 is 17.4 Å². The quantitative estimate of drug-likeness (QED) is 0.857. The van der Waals surface area contributed by atoms with Crippen molar-refractivity contribution in [3.05, 3.63) is 29.3 Å². The summed E-state index contributed by atoms with van der Waals surface area (Å²) < 4.78 is 0. The molecule has 1 unspecified atom stereocenters. The number of ketones is 1. The molecule has 22 heavy (non-hydrogen) atoms. The van der Waals surface area contributed by atoms with E-state index < -0.39 is 0 Å². The maximum absolute atomic E-state index is 12.7. The lowest BCUT2D eigenvalue weighted by molar-refractivity contribution is -0.130. The van der Waals surface area contributed by atoms with E-state index >= 15 is 0 Å². The van der Waals surface area contributed by atoms with Gasteiger partial charge in [-0.15, -0.1) is 0 Å². The van der Waals surface area contributed by atoms with Gasteiger partial charge in [0.25, 0.3) is 0 Å². The van der Waals surface area contributed by atoms with Crippen molar-refractivity contribution in [3.8, 4) is 0 Å². The molecule has 0 bridgehead atoms. The Morgan fingerprint density at radius 2 is 1.91 bits per heavy atom. The number of anilines is 1. The topological polar surface area (TPSA) is 52.7 Å². The van der Waals surface area contributed by atoms with Gasteiger partial charge in [-0.05, 0) is 37.1 Å². The number of carbonyl (C=O) groups is 2. The molecule has 2 aliphatic heterocycles. The largest absolute Gasteiger partial charge is 0.384 e. The predicted octanol–water partition coefficient (Wildman–Crippen LogP) is 1.39. The van der Waals surface area contributed by atoms with Gasteiger partial charge in [-0.2, -0.15) is 0 Å². The van der Waals surface area contributed by atoms with E-state index in [1.807, 2.05) is 30.0 Å². The molecule has 1 aromatic carbocycles. The summed E-state index contributed by atoms with van der Waals surface area (Å²) in [6.45, 7) is 7.47. The molecule has 1 fully saturated rings. The number of nitrogens with one attached hydrogen (secondary N) is 1. The van der Waals surface area contributed by atoms with Gasteiger partial charge >= 0.3 is 0 Å². The van der Waals surface area contributed by atoms with Crippen LogP contribution in [0.5, 0.6) is 0 Å². The Morgan fingerprint density at radius 1 is 1.18 bits per heavy atom. The number of rotatable bonds is 3. The fourth-order valence-corrected chi connectivity index (χ4v) is 3.29. The standard InChI is InChI=1S/C17H23N3O2/c1-12(19-7-9-20(10-8-19)13(2)21)17(22)15-3-4-16-14(11-15)5-6-18-16/h3-4,11-12,18H,5-10H2,1-2H3. The smallest absolute Gasteiger partial charge is 0.219 e. The van der Waals surface area contributed by atoms with Crippen molar-refractivity contribution in [1.82, 2.24) is 9.80 Å². The summed E-state index contributed by atoms with van der Waals surface area (Å²) in [5.41, 5.74) is 3.18. The van der Waals surface area contributed by atoms with Crippen LogP contribution in [0, 0.1) is 0 Å². The highest BCUT2D eigenvalue weighted by Crippen LogP contribution is 2.24. The van der Waals surface area contributed by atoms with Gasteiger partial charge < -0.3 is 10.2 Å². The molecule has 0 aromatic heterocycles. The Balaban J connectivity index is 1.66. The summed E-state index contributed by atoms with van der Waals surface area (Å²) in [7, 11) is 0. The lowest BCUT2D eigenvalue weighted by Gasteiger charge is -2.37. The Labute approximate surface area is 131 Å². The zero-order valence-electron chi connectivity index (χ0n) is 13.3. The monoisotopic (exact) mass is 301 g/mol. The minimum absolute atomic E-state index is 0.116. The van der Waals surface area contributed by atoms with Gasteiger partial charge in [-0.3, -0.25) is 14.5 Å². The molecule has 5 nitrogen and oxygen atoms in total. The summed E-state index contributed by atoms with van der Waals surface area (Å²) in [5, 5.41) is 3.32. The molecular weight excluding hydrogens is 278 g/mol. The minimum atomic E-state index is -0.137. The molecule has 1 N–H and O–H groups in total. The summed E-state index contributed by atoms with van der Waals surface area (Å²) in [6, 6.07) is 5.82. The Morgan fingerprint density at radius 3 is 2.59 bits per heavy atom. The van der Waals surface area contributed by atoms with Crippen molar-refractivity contribution < 1.29 is 9.59 Å². The van der Waals surface area contributed by atoms with Crippen LogP contribution in [0.3, 0.4) is 0 Å². The van der Waals surface area contributed by atoms with Crippen molar-refractivity contribution in [3.63, 3.8) is 0 Å². The van der Waals surface area contributed by atoms with Crippen LogP contribution in [0.15, 0.2) is 18.2 Å². The van der Waals surface area contributed by atoms with Crippen molar-refractivity contribution in [2.45, 2.75) is 26.3 Å². The van der Waals surface area contributed by atoms with Gasteiger partial charge in [0.2, 0.25) is 5.91 Å². The first kappa shape index (κ1) is 15.0. The second kappa shape index (κ2) is 6.08. The normalized spacial score (nSPS) is 19.5. The van der Waals surface area contributed by atoms with E-state index in [1.165, 1.54) is 5.56 Å². The second-order valence-electron chi connectivity index (χ2n) is 6.13. The van der Waals surface area contributed by atoms with Crippen molar-refractivity contribution in [2.75, 3.05) is 38.0 Å². The highest BCUT2D eigenvalue weighted by molar-refractivity contribution is 6.00. The third-order valence-electron chi connectivity index (χ3n) is 4.79. The number of piperazine rings is 1. The zero-order chi connectivity index (χ0) is 15.7. The van der Waals surface area contributed by atoms with E-state index in [1.54, 1.807) is 6.92 Å². The molecule has 2 heterocycles. The van der Waals surface area contributed by atoms with E-state index in [0.29, 0.717) is 13.1 Å².